The highest BCUT2D eigenvalue weighted by Crippen LogP contribution is 2.19. The molecule has 0 amide bonds. The second kappa shape index (κ2) is 6.06. The van der Waals surface area contributed by atoms with Crippen molar-refractivity contribution in [3.63, 3.8) is 0 Å². The topological polar surface area (TPSA) is 34.4 Å². The SMILES string of the molecule is CCCCOCc1ccc(CNC2CC2)o1. The lowest BCUT2D eigenvalue weighted by molar-refractivity contribution is 0.103. The largest absolute Gasteiger partial charge is 0.462 e. The average Bonchev–Trinajstić information content (AvgIpc) is 3.02. The molecule has 0 aliphatic heterocycles. The summed E-state index contributed by atoms with van der Waals surface area (Å²) in [5, 5.41) is 3.43. The molecular formula is C13H21NO2. The van der Waals surface area contributed by atoms with E-state index in [0.29, 0.717) is 6.61 Å². The van der Waals surface area contributed by atoms with Gasteiger partial charge in [0.05, 0.1) is 6.54 Å². The Bertz CT molecular complexity index is 305. The number of rotatable bonds is 8. The van der Waals surface area contributed by atoms with Crippen molar-refractivity contribution in [2.24, 2.45) is 0 Å². The van der Waals surface area contributed by atoms with Crippen molar-refractivity contribution in [1.82, 2.24) is 5.32 Å². The maximum atomic E-state index is 5.65. The van der Waals surface area contributed by atoms with Crippen LogP contribution in [0.3, 0.4) is 0 Å². The van der Waals surface area contributed by atoms with Crippen LogP contribution in [0.25, 0.3) is 0 Å². The maximum Gasteiger partial charge on any atom is 0.129 e. The molecule has 0 saturated heterocycles. The Morgan fingerprint density at radius 1 is 1.38 bits per heavy atom. The van der Waals surface area contributed by atoms with Crippen molar-refractivity contribution in [2.45, 2.75) is 51.8 Å². The highest BCUT2D eigenvalue weighted by atomic mass is 16.5. The van der Waals surface area contributed by atoms with E-state index < -0.39 is 0 Å². The zero-order chi connectivity index (χ0) is 11.2. The molecule has 3 heteroatoms. The Labute approximate surface area is 97.2 Å². The minimum absolute atomic E-state index is 0.601. The Hall–Kier alpha value is -0.800. The lowest BCUT2D eigenvalue weighted by Crippen LogP contribution is -2.14. The summed E-state index contributed by atoms with van der Waals surface area (Å²) in [6, 6.07) is 4.78. The summed E-state index contributed by atoms with van der Waals surface area (Å²) in [4.78, 5) is 0. The summed E-state index contributed by atoms with van der Waals surface area (Å²) in [5.41, 5.74) is 0. The Morgan fingerprint density at radius 2 is 2.19 bits per heavy atom. The third kappa shape index (κ3) is 3.99. The van der Waals surface area contributed by atoms with E-state index in [-0.39, 0.29) is 0 Å². The molecule has 90 valence electrons. The summed E-state index contributed by atoms with van der Waals surface area (Å²) in [5.74, 6) is 1.95. The summed E-state index contributed by atoms with van der Waals surface area (Å²) in [6.45, 7) is 4.44. The van der Waals surface area contributed by atoms with Crippen molar-refractivity contribution in [2.75, 3.05) is 6.61 Å². The minimum atomic E-state index is 0.601. The summed E-state index contributed by atoms with van der Waals surface area (Å²) in [6.07, 6.45) is 4.92. The molecule has 1 saturated carbocycles. The van der Waals surface area contributed by atoms with Gasteiger partial charge in [-0.3, -0.25) is 0 Å². The monoisotopic (exact) mass is 223 g/mol. The third-order valence-electron chi connectivity index (χ3n) is 2.75. The maximum absolute atomic E-state index is 5.65. The zero-order valence-electron chi connectivity index (χ0n) is 10.00. The molecule has 0 bridgehead atoms. The Kier molecular flexibility index (Phi) is 4.43. The molecule has 1 aliphatic carbocycles. The van der Waals surface area contributed by atoms with Crippen molar-refractivity contribution in [3.05, 3.63) is 23.7 Å². The molecule has 1 N–H and O–H groups in total. The molecule has 0 atom stereocenters. The fraction of sp³-hybridized carbons (Fsp3) is 0.692. The van der Waals surface area contributed by atoms with Gasteiger partial charge in [-0.1, -0.05) is 13.3 Å². The highest BCUT2D eigenvalue weighted by Gasteiger charge is 2.20. The molecule has 0 spiro atoms. The first-order chi connectivity index (χ1) is 7.88. The van der Waals surface area contributed by atoms with Crippen LogP contribution < -0.4 is 5.32 Å². The Morgan fingerprint density at radius 3 is 2.94 bits per heavy atom. The molecule has 3 nitrogen and oxygen atoms in total. The number of nitrogens with one attached hydrogen (secondary N) is 1. The van der Waals surface area contributed by atoms with Crippen molar-refractivity contribution in [1.29, 1.82) is 0 Å². The number of ether oxygens (including phenoxy) is 1. The van der Waals surface area contributed by atoms with Gasteiger partial charge in [0.15, 0.2) is 0 Å². The molecule has 1 aromatic rings. The summed E-state index contributed by atoms with van der Waals surface area (Å²) in [7, 11) is 0. The van der Waals surface area contributed by atoms with Gasteiger partial charge >= 0.3 is 0 Å². The van der Waals surface area contributed by atoms with E-state index in [0.717, 1.165) is 37.1 Å². The zero-order valence-corrected chi connectivity index (χ0v) is 10.00. The van der Waals surface area contributed by atoms with Gasteiger partial charge in [0.1, 0.15) is 18.1 Å². The summed E-state index contributed by atoms with van der Waals surface area (Å²) < 4.78 is 11.2. The predicted molar refractivity (Wildman–Crippen MR) is 63.1 cm³/mol. The van der Waals surface area contributed by atoms with Gasteiger partial charge in [0.25, 0.3) is 0 Å². The van der Waals surface area contributed by atoms with E-state index in [9.17, 15) is 0 Å². The van der Waals surface area contributed by atoms with Crippen LogP contribution in [0, 0.1) is 0 Å². The first-order valence-corrected chi connectivity index (χ1v) is 6.27. The van der Waals surface area contributed by atoms with Crippen molar-refractivity contribution >= 4 is 0 Å². The van der Waals surface area contributed by atoms with E-state index in [2.05, 4.69) is 12.2 Å². The quantitative estimate of drug-likeness (QED) is 0.688. The van der Waals surface area contributed by atoms with Gasteiger partial charge in [-0.05, 0) is 31.4 Å². The average molecular weight is 223 g/mol. The number of hydrogen-bond donors (Lipinski definition) is 1. The molecule has 0 aromatic carbocycles. The van der Waals surface area contributed by atoms with Crippen LogP contribution in [-0.2, 0) is 17.9 Å². The van der Waals surface area contributed by atoms with E-state index in [4.69, 9.17) is 9.15 Å². The van der Waals surface area contributed by atoms with E-state index in [1.807, 2.05) is 12.1 Å². The number of furan rings is 1. The molecular weight excluding hydrogens is 202 g/mol. The smallest absolute Gasteiger partial charge is 0.129 e. The summed E-state index contributed by atoms with van der Waals surface area (Å²) >= 11 is 0. The van der Waals surface area contributed by atoms with Crippen LogP contribution in [-0.4, -0.2) is 12.6 Å². The lowest BCUT2D eigenvalue weighted by Gasteiger charge is -2.01. The van der Waals surface area contributed by atoms with Gasteiger partial charge in [-0.2, -0.15) is 0 Å². The van der Waals surface area contributed by atoms with Crippen molar-refractivity contribution < 1.29 is 9.15 Å². The second-order valence-corrected chi connectivity index (χ2v) is 4.43. The molecule has 2 rings (SSSR count). The van der Waals surface area contributed by atoms with Crippen molar-refractivity contribution in [3.8, 4) is 0 Å². The van der Waals surface area contributed by atoms with Crippen LogP contribution in [0.4, 0.5) is 0 Å². The van der Waals surface area contributed by atoms with Gasteiger partial charge in [0.2, 0.25) is 0 Å². The first-order valence-electron chi connectivity index (χ1n) is 6.27. The molecule has 1 heterocycles. The highest BCUT2D eigenvalue weighted by molar-refractivity contribution is 5.06. The standard InChI is InChI=1S/C13H21NO2/c1-2-3-8-15-10-13-7-6-12(16-13)9-14-11-4-5-11/h6-7,11,14H,2-5,8-10H2,1H3. The van der Waals surface area contributed by atoms with Crippen LogP contribution in [0.15, 0.2) is 16.5 Å². The second-order valence-electron chi connectivity index (χ2n) is 4.43. The van der Waals surface area contributed by atoms with E-state index in [1.165, 1.54) is 19.3 Å². The number of unbranched alkanes of at least 4 members (excludes halogenated alkanes) is 1. The Balaban J connectivity index is 1.64. The molecule has 0 unspecified atom stereocenters. The molecule has 1 aromatic heterocycles. The molecule has 1 fully saturated rings. The fourth-order valence-electron chi connectivity index (χ4n) is 1.55. The number of hydrogen-bond acceptors (Lipinski definition) is 3. The molecule has 1 aliphatic rings. The van der Waals surface area contributed by atoms with Crippen LogP contribution >= 0.6 is 0 Å². The lowest BCUT2D eigenvalue weighted by atomic mass is 10.4. The van der Waals surface area contributed by atoms with E-state index in [1.54, 1.807) is 0 Å². The van der Waals surface area contributed by atoms with Gasteiger partial charge in [-0.15, -0.1) is 0 Å². The van der Waals surface area contributed by atoms with Gasteiger partial charge < -0.3 is 14.5 Å². The molecule has 16 heavy (non-hydrogen) atoms. The fourth-order valence-corrected chi connectivity index (χ4v) is 1.55. The molecule has 0 radical (unpaired) electrons. The van der Waals surface area contributed by atoms with Gasteiger partial charge in [0, 0.05) is 12.6 Å². The van der Waals surface area contributed by atoms with Crippen LogP contribution in [0.2, 0.25) is 0 Å². The van der Waals surface area contributed by atoms with Gasteiger partial charge in [-0.25, -0.2) is 0 Å². The third-order valence-corrected chi connectivity index (χ3v) is 2.75. The minimum Gasteiger partial charge on any atom is -0.462 e. The predicted octanol–water partition coefficient (Wildman–Crippen LogP) is 2.85. The van der Waals surface area contributed by atoms with Crippen LogP contribution in [0.5, 0.6) is 0 Å². The first kappa shape index (κ1) is 11.7. The van der Waals surface area contributed by atoms with Crippen LogP contribution in [0.1, 0.15) is 44.1 Å². The van der Waals surface area contributed by atoms with E-state index >= 15 is 0 Å². The normalized spacial score (nSPS) is 15.6.